The minimum Gasteiger partial charge on any atom is -0.459 e. The van der Waals surface area contributed by atoms with Crippen LogP contribution in [0.1, 0.15) is 26.7 Å². The molecule has 1 aliphatic heterocycles. The molecule has 0 spiro atoms. The maximum absolute atomic E-state index is 12.5. The van der Waals surface area contributed by atoms with Crippen molar-refractivity contribution in [3.63, 3.8) is 0 Å². The first-order valence-corrected chi connectivity index (χ1v) is 10.9. The third-order valence-electron chi connectivity index (χ3n) is 4.39. The van der Waals surface area contributed by atoms with Gasteiger partial charge in [0.2, 0.25) is 5.91 Å². The summed E-state index contributed by atoms with van der Waals surface area (Å²) in [7, 11) is 0. The molecule has 0 fully saturated rings. The fraction of sp³-hybridized carbons (Fsp3) is 0.250. The van der Waals surface area contributed by atoms with Crippen LogP contribution in [0.25, 0.3) is 0 Å². The summed E-state index contributed by atoms with van der Waals surface area (Å²) >= 11 is 3.05. The lowest BCUT2D eigenvalue weighted by molar-refractivity contribution is -0.129. The van der Waals surface area contributed by atoms with Crippen molar-refractivity contribution in [1.82, 2.24) is 9.88 Å². The van der Waals surface area contributed by atoms with Crippen molar-refractivity contribution in [1.29, 1.82) is 0 Å². The molecule has 28 heavy (non-hydrogen) atoms. The van der Waals surface area contributed by atoms with Gasteiger partial charge in [0.05, 0.1) is 24.3 Å². The molecule has 8 heteroatoms. The molecule has 0 saturated carbocycles. The van der Waals surface area contributed by atoms with Gasteiger partial charge in [0.25, 0.3) is 5.91 Å². The summed E-state index contributed by atoms with van der Waals surface area (Å²) in [6.07, 6.45) is 2.17. The van der Waals surface area contributed by atoms with Gasteiger partial charge in [-0.2, -0.15) is 0 Å². The molecule has 2 amide bonds. The lowest BCUT2D eigenvalue weighted by Crippen LogP contribution is -2.36. The number of nitrogens with one attached hydrogen (secondary N) is 1. The molecule has 0 unspecified atom stereocenters. The van der Waals surface area contributed by atoms with Crippen molar-refractivity contribution in [2.45, 2.75) is 18.7 Å². The van der Waals surface area contributed by atoms with E-state index in [9.17, 15) is 9.59 Å². The maximum Gasteiger partial charge on any atom is 0.293 e. The summed E-state index contributed by atoms with van der Waals surface area (Å²) in [6.45, 7) is 1.21. The van der Waals surface area contributed by atoms with Crippen molar-refractivity contribution < 1.29 is 14.0 Å². The van der Waals surface area contributed by atoms with E-state index in [-0.39, 0.29) is 17.6 Å². The van der Waals surface area contributed by atoms with Gasteiger partial charge in [-0.15, -0.1) is 11.8 Å². The fourth-order valence-electron chi connectivity index (χ4n) is 2.95. The number of furan rings is 1. The Kier molecular flexibility index (Phi) is 5.78. The molecule has 0 saturated heterocycles. The predicted molar refractivity (Wildman–Crippen MR) is 111 cm³/mol. The van der Waals surface area contributed by atoms with Gasteiger partial charge in [-0.1, -0.05) is 41.7 Å². The van der Waals surface area contributed by atoms with E-state index in [0.29, 0.717) is 30.4 Å². The van der Waals surface area contributed by atoms with E-state index < -0.39 is 0 Å². The summed E-state index contributed by atoms with van der Waals surface area (Å²) in [6, 6.07) is 13.4. The summed E-state index contributed by atoms with van der Waals surface area (Å²) in [5, 5.41) is 3.31. The lowest BCUT2D eigenvalue weighted by Gasteiger charge is -2.26. The molecule has 0 bridgehead atoms. The van der Waals surface area contributed by atoms with Crippen LogP contribution in [0.3, 0.4) is 0 Å². The summed E-state index contributed by atoms with van der Waals surface area (Å²) in [5.41, 5.74) is 2.18. The first-order valence-electron chi connectivity index (χ1n) is 8.92. The second-order valence-corrected chi connectivity index (χ2v) is 8.43. The number of anilines is 1. The number of benzene rings is 1. The quantitative estimate of drug-likeness (QED) is 0.665. The van der Waals surface area contributed by atoms with Gasteiger partial charge in [0.1, 0.15) is 0 Å². The summed E-state index contributed by atoms with van der Waals surface area (Å²) in [4.78, 5) is 32.0. The number of thiazole rings is 1. The Hall–Kier alpha value is -2.58. The molecule has 3 aromatic rings. The zero-order valence-corrected chi connectivity index (χ0v) is 16.7. The van der Waals surface area contributed by atoms with Crippen molar-refractivity contribution in [3.8, 4) is 0 Å². The maximum atomic E-state index is 12.5. The Balaban J connectivity index is 1.31. The van der Waals surface area contributed by atoms with E-state index in [1.165, 1.54) is 23.2 Å². The number of aromatic nitrogens is 1. The first kappa shape index (κ1) is 18.8. The minimum absolute atomic E-state index is 0.140. The molecule has 6 nitrogen and oxygen atoms in total. The van der Waals surface area contributed by atoms with E-state index in [0.717, 1.165) is 16.3 Å². The van der Waals surface area contributed by atoms with E-state index in [4.69, 9.17) is 4.42 Å². The topological polar surface area (TPSA) is 75.4 Å². The summed E-state index contributed by atoms with van der Waals surface area (Å²) < 4.78 is 5.10. The van der Waals surface area contributed by atoms with Crippen LogP contribution in [0.4, 0.5) is 5.13 Å². The molecule has 144 valence electrons. The highest BCUT2D eigenvalue weighted by Gasteiger charge is 2.24. The molecule has 0 aliphatic carbocycles. The molecule has 0 radical (unpaired) electrons. The smallest absolute Gasteiger partial charge is 0.293 e. The number of hydrogen-bond donors (Lipinski definition) is 1. The standard InChI is InChI=1S/C20H19N3O3S2/c24-18(13-27-12-14-5-2-1-3-6-14)23-9-8-15-17(11-23)28-20(21-15)22-19(25)16-7-4-10-26-16/h1-7,10H,8-9,11-13H2,(H,21,22,25). The number of rotatable bonds is 6. The number of nitrogens with zero attached hydrogens (tertiary/aromatic N) is 2. The Morgan fingerprint density at radius 1 is 1.21 bits per heavy atom. The van der Waals surface area contributed by atoms with Crippen LogP contribution in [-0.4, -0.2) is 34.0 Å². The van der Waals surface area contributed by atoms with Gasteiger partial charge in [-0.3, -0.25) is 14.9 Å². The minimum atomic E-state index is -0.318. The van der Waals surface area contributed by atoms with Gasteiger partial charge < -0.3 is 9.32 Å². The zero-order chi connectivity index (χ0) is 19.3. The normalized spacial score (nSPS) is 13.2. The third-order valence-corrected chi connectivity index (χ3v) is 6.37. The molecule has 3 heterocycles. The van der Waals surface area contributed by atoms with E-state index in [2.05, 4.69) is 22.4 Å². The zero-order valence-electron chi connectivity index (χ0n) is 15.1. The Morgan fingerprint density at radius 2 is 2.07 bits per heavy atom. The van der Waals surface area contributed by atoms with Crippen molar-refractivity contribution >= 4 is 40.0 Å². The second-order valence-electron chi connectivity index (χ2n) is 6.36. The van der Waals surface area contributed by atoms with Crippen LogP contribution in [-0.2, 0) is 23.5 Å². The number of thioether (sulfide) groups is 1. The van der Waals surface area contributed by atoms with E-state index in [1.54, 1.807) is 23.9 Å². The van der Waals surface area contributed by atoms with Crippen LogP contribution in [0, 0.1) is 0 Å². The second kappa shape index (κ2) is 8.62. The van der Waals surface area contributed by atoms with Gasteiger partial charge in [0.15, 0.2) is 10.9 Å². The largest absolute Gasteiger partial charge is 0.459 e. The highest BCUT2D eigenvalue weighted by atomic mass is 32.2. The molecular weight excluding hydrogens is 394 g/mol. The van der Waals surface area contributed by atoms with Crippen LogP contribution in [0.2, 0.25) is 0 Å². The van der Waals surface area contributed by atoms with Crippen molar-refractivity contribution in [2.24, 2.45) is 0 Å². The SMILES string of the molecule is O=C(Nc1nc2c(s1)CN(C(=O)CSCc1ccccc1)CC2)c1ccco1. The predicted octanol–water partition coefficient (Wildman–Crippen LogP) is 3.81. The first-order chi connectivity index (χ1) is 13.7. The van der Waals surface area contributed by atoms with Crippen LogP contribution < -0.4 is 5.32 Å². The Morgan fingerprint density at radius 3 is 2.86 bits per heavy atom. The molecule has 1 N–H and O–H groups in total. The average Bonchev–Trinajstić information content (AvgIpc) is 3.37. The highest BCUT2D eigenvalue weighted by Crippen LogP contribution is 2.29. The molecule has 2 aromatic heterocycles. The van der Waals surface area contributed by atoms with Crippen molar-refractivity contribution in [2.75, 3.05) is 17.6 Å². The van der Waals surface area contributed by atoms with Gasteiger partial charge in [-0.25, -0.2) is 4.98 Å². The molecule has 1 aromatic carbocycles. The molecule has 4 rings (SSSR count). The summed E-state index contributed by atoms with van der Waals surface area (Å²) in [5.74, 6) is 1.36. The molecule has 0 atom stereocenters. The van der Waals surface area contributed by atoms with E-state index in [1.807, 2.05) is 23.1 Å². The number of fused-ring (bicyclic) bond motifs is 1. The Labute approximate surface area is 171 Å². The average molecular weight is 414 g/mol. The fourth-order valence-corrected chi connectivity index (χ4v) is 4.86. The number of carbonyl (C=O) groups excluding carboxylic acids is 2. The van der Waals surface area contributed by atoms with Gasteiger partial charge in [0, 0.05) is 23.6 Å². The van der Waals surface area contributed by atoms with Gasteiger partial charge in [-0.05, 0) is 17.7 Å². The van der Waals surface area contributed by atoms with Crippen LogP contribution in [0.5, 0.6) is 0 Å². The Bertz CT molecular complexity index is 955. The highest BCUT2D eigenvalue weighted by molar-refractivity contribution is 7.99. The van der Waals surface area contributed by atoms with Crippen LogP contribution >= 0.6 is 23.1 Å². The number of carbonyl (C=O) groups is 2. The number of hydrogen-bond acceptors (Lipinski definition) is 6. The number of amides is 2. The molecule has 1 aliphatic rings. The van der Waals surface area contributed by atoms with Gasteiger partial charge >= 0.3 is 0 Å². The monoisotopic (exact) mass is 413 g/mol. The lowest BCUT2D eigenvalue weighted by atomic mass is 10.2. The van der Waals surface area contributed by atoms with Crippen molar-refractivity contribution in [3.05, 3.63) is 70.6 Å². The molecular formula is C20H19N3O3S2. The van der Waals surface area contributed by atoms with Crippen LogP contribution in [0.15, 0.2) is 53.1 Å². The third kappa shape index (κ3) is 4.45. The van der Waals surface area contributed by atoms with E-state index >= 15 is 0 Å².